The molecule has 0 saturated heterocycles. The third kappa shape index (κ3) is 2.06. The maximum atomic E-state index is 10.1. The van der Waals surface area contributed by atoms with Crippen molar-refractivity contribution in [2.75, 3.05) is 7.11 Å². The number of hydrogen-bond acceptors (Lipinski definition) is 4. The van der Waals surface area contributed by atoms with Gasteiger partial charge in [0.1, 0.15) is 5.75 Å². The van der Waals surface area contributed by atoms with Crippen LogP contribution in [0.4, 0.5) is 0 Å². The Hall–Kier alpha value is -0.710. The molecule has 0 radical (unpaired) electrons. The summed E-state index contributed by atoms with van der Waals surface area (Å²) in [6, 6.07) is 2.10. The number of phenols is 1. The summed E-state index contributed by atoms with van der Waals surface area (Å²) >= 11 is 2.02. The first kappa shape index (κ1) is 13.3. The Morgan fingerprint density at radius 2 is 2.11 bits per heavy atom. The summed E-state index contributed by atoms with van der Waals surface area (Å²) in [5, 5.41) is 10.1. The molecule has 0 aromatic heterocycles. The Morgan fingerprint density at radius 1 is 1.37 bits per heavy atom. The summed E-state index contributed by atoms with van der Waals surface area (Å²) in [6.45, 7) is 4.11. The van der Waals surface area contributed by atoms with E-state index in [0.29, 0.717) is 10.5 Å². The molecule has 1 aromatic rings. The molecule has 0 bridgehead atoms. The summed E-state index contributed by atoms with van der Waals surface area (Å²) in [5.41, 5.74) is 6.51. The molecule has 4 heteroatoms. The van der Waals surface area contributed by atoms with Crippen LogP contribution in [-0.4, -0.2) is 17.0 Å². The Balaban J connectivity index is 2.08. The molecule has 1 atom stereocenters. The Bertz CT molecular complexity index is 511. The highest BCUT2D eigenvalue weighted by Gasteiger charge is 2.45. The van der Waals surface area contributed by atoms with Crippen LogP contribution in [0.3, 0.4) is 0 Å². The van der Waals surface area contributed by atoms with Crippen molar-refractivity contribution in [1.82, 2.24) is 5.48 Å². The number of thioether (sulfide) groups is 1. The second-order valence-electron chi connectivity index (χ2n) is 5.78. The molecule has 3 rings (SSSR count). The van der Waals surface area contributed by atoms with E-state index in [4.69, 9.17) is 4.84 Å². The highest BCUT2D eigenvalue weighted by Crippen LogP contribution is 2.58. The standard InChI is InChI=1S/C15H21NO2S/c1-9-10(2)14-11(7-13(9)17)12(16-18-3)8-15(19-14)5-4-6-15/h7,12,16-17H,4-6,8H2,1-3H3. The molecule has 1 spiro atoms. The summed E-state index contributed by atoms with van der Waals surface area (Å²) < 4.78 is 0.386. The first-order chi connectivity index (χ1) is 9.06. The van der Waals surface area contributed by atoms with Gasteiger partial charge < -0.3 is 9.94 Å². The number of hydroxylamine groups is 1. The molecule has 2 N–H and O–H groups in total. The molecule has 1 saturated carbocycles. The van der Waals surface area contributed by atoms with E-state index in [-0.39, 0.29) is 6.04 Å². The zero-order valence-electron chi connectivity index (χ0n) is 11.7. The van der Waals surface area contributed by atoms with Crippen molar-refractivity contribution >= 4 is 11.8 Å². The van der Waals surface area contributed by atoms with Crippen molar-refractivity contribution in [2.45, 2.75) is 55.2 Å². The lowest BCUT2D eigenvalue weighted by atomic mass is 9.78. The van der Waals surface area contributed by atoms with E-state index in [0.717, 1.165) is 12.0 Å². The normalized spacial score (nSPS) is 24.1. The number of nitrogens with one attached hydrogen (secondary N) is 1. The molecule has 1 aliphatic heterocycles. The molecular formula is C15H21NO2S. The fourth-order valence-corrected chi connectivity index (χ4v) is 4.96. The van der Waals surface area contributed by atoms with Gasteiger partial charge in [-0.05, 0) is 55.9 Å². The van der Waals surface area contributed by atoms with Crippen LogP contribution in [0, 0.1) is 13.8 Å². The SMILES string of the molecule is CONC1CC2(CCC2)Sc2c1cc(O)c(C)c2C. The van der Waals surface area contributed by atoms with Crippen molar-refractivity contribution in [3.05, 3.63) is 22.8 Å². The summed E-state index contributed by atoms with van der Waals surface area (Å²) in [6.07, 6.45) is 5.00. The van der Waals surface area contributed by atoms with Crippen LogP contribution in [0.2, 0.25) is 0 Å². The largest absolute Gasteiger partial charge is 0.508 e. The zero-order valence-corrected chi connectivity index (χ0v) is 12.6. The van der Waals surface area contributed by atoms with E-state index in [1.165, 1.54) is 35.3 Å². The van der Waals surface area contributed by atoms with Gasteiger partial charge in [0.15, 0.2) is 0 Å². The van der Waals surface area contributed by atoms with Crippen LogP contribution >= 0.6 is 11.8 Å². The summed E-state index contributed by atoms with van der Waals surface area (Å²) in [4.78, 5) is 6.51. The van der Waals surface area contributed by atoms with Crippen molar-refractivity contribution in [3.8, 4) is 5.75 Å². The van der Waals surface area contributed by atoms with Crippen LogP contribution < -0.4 is 5.48 Å². The average Bonchev–Trinajstić information content (AvgIpc) is 2.35. The molecule has 19 heavy (non-hydrogen) atoms. The highest BCUT2D eigenvalue weighted by molar-refractivity contribution is 8.00. The van der Waals surface area contributed by atoms with Crippen molar-refractivity contribution < 1.29 is 9.94 Å². The molecular weight excluding hydrogens is 258 g/mol. The van der Waals surface area contributed by atoms with Gasteiger partial charge in [0.2, 0.25) is 0 Å². The molecule has 0 amide bonds. The molecule has 3 nitrogen and oxygen atoms in total. The predicted octanol–water partition coefficient (Wildman–Crippen LogP) is 3.62. The predicted molar refractivity (Wildman–Crippen MR) is 77.5 cm³/mol. The van der Waals surface area contributed by atoms with Gasteiger partial charge in [-0.2, -0.15) is 5.48 Å². The fraction of sp³-hybridized carbons (Fsp3) is 0.600. The van der Waals surface area contributed by atoms with Crippen LogP contribution in [0.25, 0.3) is 0 Å². The number of hydrogen-bond donors (Lipinski definition) is 2. The Kier molecular flexibility index (Phi) is 3.28. The van der Waals surface area contributed by atoms with E-state index in [1.54, 1.807) is 7.11 Å². The van der Waals surface area contributed by atoms with Crippen molar-refractivity contribution in [3.63, 3.8) is 0 Å². The quantitative estimate of drug-likeness (QED) is 0.811. The minimum Gasteiger partial charge on any atom is -0.508 e. The van der Waals surface area contributed by atoms with Crippen LogP contribution in [-0.2, 0) is 4.84 Å². The van der Waals surface area contributed by atoms with Gasteiger partial charge in [-0.1, -0.05) is 6.42 Å². The second kappa shape index (κ2) is 4.69. The molecule has 104 valence electrons. The minimum absolute atomic E-state index is 0.187. The van der Waals surface area contributed by atoms with Crippen molar-refractivity contribution in [2.24, 2.45) is 0 Å². The van der Waals surface area contributed by atoms with Gasteiger partial charge in [0, 0.05) is 9.64 Å². The molecule has 2 aliphatic rings. The van der Waals surface area contributed by atoms with Gasteiger partial charge >= 0.3 is 0 Å². The Morgan fingerprint density at radius 3 is 2.68 bits per heavy atom. The molecule has 1 unspecified atom stereocenters. The van der Waals surface area contributed by atoms with E-state index in [9.17, 15) is 5.11 Å². The van der Waals surface area contributed by atoms with Crippen LogP contribution in [0.5, 0.6) is 5.75 Å². The lowest BCUT2D eigenvalue weighted by molar-refractivity contribution is 0.0481. The third-order valence-electron chi connectivity index (χ3n) is 4.64. The van der Waals surface area contributed by atoms with Gasteiger partial charge in [-0.3, -0.25) is 0 Å². The monoisotopic (exact) mass is 279 g/mol. The van der Waals surface area contributed by atoms with E-state index < -0.39 is 0 Å². The fourth-order valence-electron chi connectivity index (χ4n) is 3.16. The maximum Gasteiger partial charge on any atom is 0.119 e. The highest BCUT2D eigenvalue weighted by atomic mass is 32.2. The Labute approximate surface area is 118 Å². The number of benzene rings is 1. The number of aromatic hydroxyl groups is 1. The number of fused-ring (bicyclic) bond motifs is 1. The maximum absolute atomic E-state index is 10.1. The zero-order chi connectivity index (χ0) is 13.6. The van der Waals surface area contributed by atoms with Crippen LogP contribution in [0.15, 0.2) is 11.0 Å². The van der Waals surface area contributed by atoms with E-state index in [1.807, 2.05) is 24.8 Å². The van der Waals surface area contributed by atoms with Crippen molar-refractivity contribution in [1.29, 1.82) is 0 Å². The topological polar surface area (TPSA) is 41.5 Å². The van der Waals surface area contributed by atoms with Gasteiger partial charge in [-0.25, -0.2) is 0 Å². The van der Waals surface area contributed by atoms with Gasteiger partial charge in [-0.15, -0.1) is 11.8 Å². The van der Waals surface area contributed by atoms with Gasteiger partial charge in [0.25, 0.3) is 0 Å². The third-order valence-corrected chi connectivity index (χ3v) is 6.39. The van der Waals surface area contributed by atoms with Crippen LogP contribution in [0.1, 0.15) is 48.4 Å². The summed E-state index contributed by atoms with van der Waals surface area (Å²) in [7, 11) is 1.66. The number of phenolic OH excluding ortho intramolecular Hbond substituents is 1. The minimum atomic E-state index is 0.187. The molecule has 1 heterocycles. The lowest BCUT2D eigenvalue weighted by Gasteiger charge is -2.47. The van der Waals surface area contributed by atoms with E-state index >= 15 is 0 Å². The van der Waals surface area contributed by atoms with E-state index in [2.05, 4.69) is 12.4 Å². The first-order valence-electron chi connectivity index (χ1n) is 6.87. The lowest BCUT2D eigenvalue weighted by Crippen LogP contribution is -2.41. The molecule has 1 aliphatic carbocycles. The second-order valence-corrected chi connectivity index (χ2v) is 7.26. The number of rotatable bonds is 2. The smallest absolute Gasteiger partial charge is 0.119 e. The molecule has 1 aromatic carbocycles. The molecule has 1 fully saturated rings. The first-order valence-corrected chi connectivity index (χ1v) is 7.68. The van der Waals surface area contributed by atoms with Gasteiger partial charge in [0.05, 0.1) is 13.2 Å². The summed E-state index contributed by atoms with van der Waals surface area (Å²) in [5.74, 6) is 0.393. The average molecular weight is 279 g/mol.